The van der Waals surface area contributed by atoms with Gasteiger partial charge in [-0.05, 0) is 30.6 Å². The molecule has 1 saturated heterocycles. The molecule has 0 saturated carbocycles. The van der Waals surface area contributed by atoms with E-state index in [-0.39, 0.29) is 0 Å². The number of amides is 1. The second-order valence-electron chi connectivity index (χ2n) is 6.63. The van der Waals surface area contributed by atoms with Crippen LogP contribution in [-0.2, 0) is 23.7 Å². The first-order valence-electron chi connectivity index (χ1n) is 8.47. The minimum absolute atomic E-state index is 0.295. The van der Waals surface area contributed by atoms with Crippen molar-refractivity contribution in [2.45, 2.75) is 25.2 Å². The van der Waals surface area contributed by atoms with E-state index in [9.17, 15) is 9.59 Å². The van der Waals surface area contributed by atoms with E-state index in [0.29, 0.717) is 36.5 Å². The number of ether oxygens (including phenoxy) is 4. The second-order valence-corrected chi connectivity index (χ2v) is 6.63. The Labute approximate surface area is 156 Å². The summed E-state index contributed by atoms with van der Waals surface area (Å²) in [6.07, 6.45) is 3.36. The lowest BCUT2D eigenvalue weighted by atomic mass is 9.66. The first kappa shape index (κ1) is 17.4. The Kier molecular flexibility index (Phi) is 4.07. The number of hydrogen-bond acceptors (Lipinski definition) is 6. The molecule has 4 bridgehead atoms. The van der Waals surface area contributed by atoms with Gasteiger partial charge in [0.2, 0.25) is 5.79 Å². The minimum Gasteiger partial charge on any atom is -0.453 e. The molecule has 0 aromatic rings. The lowest BCUT2D eigenvalue weighted by Gasteiger charge is -2.46. The number of rotatable bonds is 1. The third kappa shape index (κ3) is 2.82. The highest BCUT2D eigenvalue weighted by Crippen LogP contribution is 2.52. The van der Waals surface area contributed by atoms with E-state index in [1.54, 1.807) is 12.2 Å². The molecule has 7 nitrogen and oxygen atoms in total. The standard InChI is InChI=1S/C20H17NO6/c1-19-8-6-4-3-5-7-14-16(13(19)11-15(22)27-14)17(21-18(23)24-2)20(12-19)25-9-10-26-20/h3-4,11,14H,9-10,12H2,1-2H3,(H,21,23)/b4-3-/t14-,19+/m0/s1. The monoisotopic (exact) mass is 367 g/mol. The average molecular weight is 367 g/mol. The third-order valence-electron chi connectivity index (χ3n) is 4.86. The number of hydrogen-bond donors (Lipinski definition) is 1. The van der Waals surface area contributed by atoms with Crippen LogP contribution in [0.1, 0.15) is 13.3 Å². The molecule has 0 aromatic heterocycles. The molecule has 1 amide bonds. The molecule has 27 heavy (non-hydrogen) atoms. The summed E-state index contributed by atoms with van der Waals surface area (Å²) >= 11 is 0. The fourth-order valence-corrected chi connectivity index (χ4v) is 3.76. The summed E-state index contributed by atoms with van der Waals surface area (Å²) in [5, 5.41) is 2.70. The average Bonchev–Trinajstić information content (AvgIpc) is 3.09. The van der Waals surface area contributed by atoms with Crippen molar-refractivity contribution in [3.63, 3.8) is 0 Å². The number of carbonyl (C=O) groups is 2. The van der Waals surface area contributed by atoms with Gasteiger partial charge in [0.1, 0.15) is 0 Å². The molecular formula is C20H17NO6. The Bertz CT molecular complexity index is 929. The molecule has 2 heterocycles. The van der Waals surface area contributed by atoms with Gasteiger partial charge >= 0.3 is 12.1 Å². The van der Waals surface area contributed by atoms with Gasteiger partial charge in [-0.2, -0.15) is 0 Å². The molecule has 1 spiro atoms. The highest BCUT2D eigenvalue weighted by atomic mass is 16.7. The largest absolute Gasteiger partial charge is 0.453 e. The highest BCUT2D eigenvalue weighted by Gasteiger charge is 2.56. The lowest BCUT2D eigenvalue weighted by molar-refractivity contribution is -0.154. The summed E-state index contributed by atoms with van der Waals surface area (Å²) in [7, 11) is 1.26. The SMILES string of the molecule is COC(=O)NC1=C2C3=CC(=O)O[C@H]2C#C/C=C\C#C[C@]3(C)CC12OCCO2. The Hall–Kier alpha value is -3.00. The molecule has 2 aliphatic heterocycles. The van der Waals surface area contributed by atoms with Crippen molar-refractivity contribution in [1.82, 2.24) is 5.32 Å². The second kappa shape index (κ2) is 6.31. The van der Waals surface area contributed by atoms with Crippen molar-refractivity contribution >= 4 is 12.1 Å². The molecule has 0 radical (unpaired) electrons. The van der Waals surface area contributed by atoms with E-state index in [0.717, 1.165) is 0 Å². The molecular weight excluding hydrogens is 350 g/mol. The fraction of sp³-hybridized carbons (Fsp3) is 0.400. The Morgan fingerprint density at radius 1 is 1.30 bits per heavy atom. The molecule has 0 aromatic carbocycles. The number of methoxy groups -OCH3 is 1. The fourth-order valence-electron chi connectivity index (χ4n) is 3.76. The van der Waals surface area contributed by atoms with E-state index in [1.807, 2.05) is 6.92 Å². The molecule has 2 atom stereocenters. The molecule has 4 rings (SSSR count). The summed E-state index contributed by atoms with van der Waals surface area (Å²) in [6, 6.07) is 0. The summed E-state index contributed by atoms with van der Waals surface area (Å²) in [5.74, 6) is 10.1. The Morgan fingerprint density at radius 3 is 2.78 bits per heavy atom. The van der Waals surface area contributed by atoms with Crippen LogP contribution in [0.2, 0.25) is 0 Å². The van der Waals surface area contributed by atoms with E-state index in [1.165, 1.54) is 13.2 Å². The summed E-state index contributed by atoms with van der Waals surface area (Å²) < 4.78 is 22.1. The zero-order chi connectivity index (χ0) is 19.1. The first-order chi connectivity index (χ1) is 13.0. The van der Waals surface area contributed by atoms with Crippen LogP contribution < -0.4 is 5.32 Å². The van der Waals surface area contributed by atoms with Gasteiger partial charge in [0.15, 0.2) is 6.10 Å². The molecule has 138 valence electrons. The van der Waals surface area contributed by atoms with E-state index >= 15 is 0 Å². The van der Waals surface area contributed by atoms with Crippen molar-refractivity contribution in [3.8, 4) is 23.7 Å². The van der Waals surface area contributed by atoms with Gasteiger partial charge in [-0.15, -0.1) is 0 Å². The van der Waals surface area contributed by atoms with Crippen LogP contribution in [-0.4, -0.2) is 44.3 Å². The van der Waals surface area contributed by atoms with Gasteiger partial charge in [-0.1, -0.05) is 17.8 Å². The van der Waals surface area contributed by atoms with Gasteiger partial charge in [-0.25, -0.2) is 9.59 Å². The van der Waals surface area contributed by atoms with Crippen LogP contribution >= 0.6 is 0 Å². The number of nitrogens with one attached hydrogen (secondary N) is 1. The predicted octanol–water partition coefficient (Wildman–Crippen LogP) is 1.18. The van der Waals surface area contributed by atoms with Crippen LogP contribution in [0, 0.1) is 29.1 Å². The van der Waals surface area contributed by atoms with Crippen molar-refractivity contribution in [3.05, 3.63) is 35.1 Å². The van der Waals surface area contributed by atoms with Crippen LogP contribution in [0.4, 0.5) is 4.79 Å². The zero-order valence-electron chi connectivity index (χ0n) is 14.9. The Balaban J connectivity index is 2.02. The maximum Gasteiger partial charge on any atom is 0.411 e. The minimum atomic E-state index is -1.23. The molecule has 4 aliphatic rings. The smallest absolute Gasteiger partial charge is 0.411 e. The quantitative estimate of drug-likeness (QED) is 0.554. The maximum absolute atomic E-state index is 12.2. The van der Waals surface area contributed by atoms with Crippen LogP contribution in [0.25, 0.3) is 0 Å². The number of carbonyl (C=O) groups excluding carboxylic acids is 2. The van der Waals surface area contributed by atoms with Crippen molar-refractivity contribution < 1.29 is 28.5 Å². The molecule has 2 aliphatic carbocycles. The van der Waals surface area contributed by atoms with Gasteiger partial charge in [0.25, 0.3) is 0 Å². The van der Waals surface area contributed by atoms with E-state index < -0.39 is 29.4 Å². The van der Waals surface area contributed by atoms with Crippen LogP contribution in [0.3, 0.4) is 0 Å². The molecule has 0 unspecified atom stereocenters. The summed E-state index contributed by atoms with van der Waals surface area (Å²) in [4.78, 5) is 24.2. The van der Waals surface area contributed by atoms with Crippen LogP contribution in [0.5, 0.6) is 0 Å². The first-order valence-corrected chi connectivity index (χ1v) is 8.47. The number of alkyl carbamates (subject to hydrolysis) is 1. The van der Waals surface area contributed by atoms with Crippen molar-refractivity contribution in [2.24, 2.45) is 5.41 Å². The number of esters is 1. The lowest BCUT2D eigenvalue weighted by Crippen LogP contribution is -2.52. The van der Waals surface area contributed by atoms with Crippen molar-refractivity contribution in [1.29, 1.82) is 0 Å². The van der Waals surface area contributed by atoms with Gasteiger partial charge in [0, 0.05) is 18.1 Å². The highest BCUT2D eigenvalue weighted by molar-refractivity contribution is 5.88. The van der Waals surface area contributed by atoms with Gasteiger partial charge in [0.05, 0.1) is 31.4 Å². The molecule has 1 fully saturated rings. The normalized spacial score (nSPS) is 30.8. The van der Waals surface area contributed by atoms with Crippen LogP contribution in [0.15, 0.2) is 35.1 Å². The van der Waals surface area contributed by atoms with Gasteiger partial charge < -0.3 is 18.9 Å². The van der Waals surface area contributed by atoms with Gasteiger partial charge in [-0.3, -0.25) is 5.32 Å². The Morgan fingerprint density at radius 2 is 2.04 bits per heavy atom. The van der Waals surface area contributed by atoms with Crippen molar-refractivity contribution in [2.75, 3.05) is 20.3 Å². The number of allylic oxidation sites excluding steroid dienone is 2. The third-order valence-corrected chi connectivity index (χ3v) is 4.86. The topological polar surface area (TPSA) is 83.1 Å². The molecule has 7 heteroatoms. The van der Waals surface area contributed by atoms with E-state index in [2.05, 4.69) is 29.0 Å². The molecule has 1 N–H and O–H groups in total. The summed E-state index contributed by atoms with van der Waals surface area (Å²) in [6.45, 7) is 2.63. The zero-order valence-corrected chi connectivity index (χ0v) is 14.9. The summed E-state index contributed by atoms with van der Waals surface area (Å²) in [5.41, 5.74) is 0.737. The van der Waals surface area contributed by atoms with E-state index in [4.69, 9.17) is 18.9 Å². The predicted molar refractivity (Wildman–Crippen MR) is 92.6 cm³/mol. The maximum atomic E-state index is 12.2.